The molecule has 0 saturated carbocycles. The third-order valence-electron chi connectivity index (χ3n) is 6.27. The van der Waals surface area contributed by atoms with E-state index in [2.05, 4.69) is 51.0 Å². The zero-order valence-corrected chi connectivity index (χ0v) is 19.0. The predicted molar refractivity (Wildman–Crippen MR) is 127 cm³/mol. The molecular weight excluding hydrogens is 388 g/mol. The summed E-state index contributed by atoms with van der Waals surface area (Å²) in [6, 6.07) is 6.92. The van der Waals surface area contributed by atoms with Crippen LogP contribution in [0.15, 0.2) is 40.0 Å². The second kappa shape index (κ2) is 12.5. The summed E-state index contributed by atoms with van der Waals surface area (Å²) in [5.41, 5.74) is 12.4. The van der Waals surface area contributed by atoms with Gasteiger partial charge in [-0.15, -0.1) is 0 Å². The van der Waals surface area contributed by atoms with E-state index in [0.717, 1.165) is 57.9 Å². The first-order chi connectivity index (χ1) is 15.2. The van der Waals surface area contributed by atoms with Crippen molar-refractivity contribution >= 4 is 6.21 Å². The van der Waals surface area contributed by atoms with E-state index < -0.39 is 0 Å². The Hall–Kier alpha value is -2.34. The molecule has 2 heterocycles. The van der Waals surface area contributed by atoms with Crippen LogP contribution in [0.2, 0.25) is 0 Å². The highest BCUT2D eigenvalue weighted by molar-refractivity contribution is 5.76. The molecule has 3 rings (SSSR count). The number of rotatable bonds is 12. The summed E-state index contributed by atoms with van der Waals surface area (Å²) in [4.78, 5) is 12.4. The lowest BCUT2D eigenvalue weighted by Crippen LogP contribution is -2.46. The summed E-state index contributed by atoms with van der Waals surface area (Å²) >= 11 is 0. The molecule has 0 aliphatic carbocycles. The number of hydrogen-bond acceptors (Lipinski definition) is 5. The van der Waals surface area contributed by atoms with Gasteiger partial charge in [-0.25, -0.2) is 0 Å². The molecular formula is C24H36N6O. The smallest absolute Gasteiger partial charge is 0.122 e. The molecule has 0 aromatic heterocycles. The highest BCUT2D eigenvalue weighted by Crippen LogP contribution is 2.28. The normalized spacial score (nSPS) is 19.3. The molecule has 1 fully saturated rings. The molecule has 7 heteroatoms. The van der Waals surface area contributed by atoms with Crippen molar-refractivity contribution in [2.75, 3.05) is 46.4 Å². The summed E-state index contributed by atoms with van der Waals surface area (Å²) in [5.74, 6) is 0.973. The maximum Gasteiger partial charge on any atom is 0.122 e. The zero-order valence-electron chi connectivity index (χ0n) is 19.0. The van der Waals surface area contributed by atoms with Gasteiger partial charge in [0.1, 0.15) is 5.75 Å². The maximum atomic E-state index is 8.41. The summed E-state index contributed by atoms with van der Waals surface area (Å²) in [7, 11) is 1.76. The van der Waals surface area contributed by atoms with Crippen LogP contribution in [-0.4, -0.2) is 68.4 Å². The summed E-state index contributed by atoms with van der Waals surface area (Å²) < 4.78 is 5.75. The molecule has 0 amide bonds. The third-order valence-corrected chi connectivity index (χ3v) is 6.27. The van der Waals surface area contributed by atoms with Crippen LogP contribution in [0.4, 0.5) is 0 Å². The number of ether oxygens (including phenoxy) is 1. The number of unbranched alkanes of at least 4 members (excludes halogenated alkanes) is 2. The van der Waals surface area contributed by atoms with Crippen molar-refractivity contribution in [3.63, 3.8) is 0 Å². The molecule has 1 aromatic rings. The quantitative estimate of drug-likeness (QED) is 0.212. The van der Waals surface area contributed by atoms with E-state index >= 15 is 0 Å². The van der Waals surface area contributed by atoms with E-state index in [1.807, 2.05) is 6.21 Å². The van der Waals surface area contributed by atoms with Gasteiger partial charge in [-0.05, 0) is 47.2 Å². The number of piperazine rings is 1. The lowest BCUT2D eigenvalue weighted by atomic mass is 9.95. The third kappa shape index (κ3) is 7.10. The molecule has 0 bridgehead atoms. The molecule has 7 nitrogen and oxygen atoms in total. The van der Waals surface area contributed by atoms with Crippen LogP contribution >= 0.6 is 0 Å². The topological polar surface area (TPSA) is 76.8 Å². The van der Waals surface area contributed by atoms with E-state index in [0.29, 0.717) is 6.54 Å². The Balaban J connectivity index is 1.53. The number of hydrogen-bond donors (Lipinski definition) is 0. The van der Waals surface area contributed by atoms with Crippen molar-refractivity contribution in [3.8, 4) is 5.75 Å². The molecule has 168 valence electrons. The van der Waals surface area contributed by atoms with Crippen LogP contribution in [0.25, 0.3) is 10.4 Å². The zero-order chi connectivity index (χ0) is 21.9. The fourth-order valence-electron chi connectivity index (χ4n) is 4.39. The number of methoxy groups -OCH3 is 1. The van der Waals surface area contributed by atoms with Gasteiger partial charge in [0, 0.05) is 63.4 Å². The standard InChI is InChI=1S/C24H36N6O/c1-3-4-5-6-21-9-10-26-23(21)18-22-8-7-20(17-24(22)31-2)19-30-15-13-29(14-16-30)12-11-27-28-25/h7-10,17,23H,3-6,11-16,18-19H2,1-2H3. The van der Waals surface area contributed by atoms with Crippen LogP contribution in [0.1, 0.15) is 43.7 Å². The van der Waals surface area contributed by atoms with Gasteiger partial charge in [0.2, 0.25) is 0 Å². The van der Waals surface area contributed by atoms with Crippen molar-refractivity contribution in [1.82, 2.24) is 9.80 Å². The van der Waals surface area contributed by atoms with Gasteiger partial charge < -0.3 is 9.64 Å². The Morgan fingerprint density at radius 2 is 2.00 bits per heavy atom. The van der Waals surface area contributed by atoms with Crippen molar-refractivity contribution in [1.29, 1.82) is 0 Å². The number of aliphatic imine (C=N–C) groups is 1. The first-order valence-electron chi connectivity index (χ1n) is 11.6. The van der Waals surface area contributed by atoms with Gasteiger partial charge >= 0.3 is 0 Å². The van der Waals surface area contributed by atoms with E-state index in [-0.39, 0.29) is 6.04 Å². The van der Waals surface area contributed by atoms with Crippen LogP contribution in [0.5, 0.6) is 5.75 Å². The van der Waals surface area contributed by atoms with E-state index in [1.54, 1.807) is 7.11 Å². The fraction of sp³-hybridized carbons (Fsp3) is 0.625. The number of benzene rings is 1. The first-order valence-corrected chi connectivity index (χ1v) is 11.6. The summed E-state index contributed by atoms with van der Waals surface area (Å²) in [5, 5.41) is 3.64. The predicted octanol–water partition coefficient (Wildman–Crippen LogP) is 4.63. The molecule has 31 heavy (non-hydrogen) atoms. The highest BCUT2D eigenvalue weighted by Gasteiger charge is 2.20. The average Bonchev–Trinajstić information content (AvgIpc) is 3.23. The highest BCUT2D eigenvalue weighted by atomic mass is 16.5. The number of allylic oxidation sites excluding steroid dienone is 1. The molecule has 0 spiro atoms. The van der Waals surface area contributed by atoms with Gasteiger partial charge in [0.05, 0.1) is 13.2 Å². The minimum absolute atomic E-state index is 0.259. The van der Waals surface area contributed by atoms with Gasteiger partial charge in [0.25, 0.3) is 0 Å². The summed E-state index contributed by atoms with van der Waals surface area (Å²) in [6.45, 7) is 8.67. The second-order valence-electron chi connectivity index (χ2n) is 8.44. The lowest BCUT2D eigenvalue weighted by Gasteiger charge is -2.34. The molecule has 0 N–H and O–H groups in total. The van der Waals surface area contributed by atoms with E-state index in [1.165, 1.54) is 36.0 Å². The molecule has 1 unspecified atom stereocenters. The molecule has 1 aromatic carbocycles. The fourth-order valence-corrected chi connectivity index (χ4v) is 4.39. The van der Waals surface area contributed by atoms with Crippen LogP contribution < -0.4 is 4.74 Å². The van der Waals surface area contributed by atoms with E-state index in [9.17, 15) is 0 Å². The second-order valence-corrected chi connectivity index (χ2v) is 8.44. The Bertz CT molecular complexity index is 806. The van der Waals surface area contributed by atoms with Gasteiger partial charge in [-0.1, -0.05) is 37.0 Å². The van der Waals surface area contributed by atoms with Crippen molar-refractivity contribution < 1.29 is 4.74 Å². The Morgan fingerprint density at radius 1 is 1.19 bits per heavy atom. The Labute approximate surface area is 186 Å². The van der Waals surface area contributed by atoms with Crippen LogP contribution in [-0.2, 0) is 13.0 Å². The largest absolute Gasteiger partial charge is 0.496 e. The van der Waals surface area contributed by atoms with Crippen LogP contribution in [0.3, 0.4) is 0 Å². The Kier molecular flexibility index (Phi) is 9.40. The molecule has 2 aliphatic heterocycles. The molecule has 2 aliphatic rings. The monoisotopic (exact) mass is 424 g/mol. The molecule has 1 saturated heterocycles. The van der Waals surface area contributed by atoms with Gasteiger partial charge in [-0.3, -0.25) is 9.89 Å². The van der Waals surface area contributed by atoms with Crippen LogP contribution in [0, 0.1) is 0 Å². The van der Waals surface area contributed by atoms with Crippen molar-refractivity contribution in [2.24, 2.45) is 10.1 Å². The summed E-state index contributed by atoms with van der Waals surface area (Å²) in [6.07, 6.45) is 10.0. The Morgan fingerprint density at radius 3 is 2.74 bits per heavy atom. The molecule has 0 radical (unpaired) electrons. The van der Waals surface area contributed by atoms with Crippen molar-refractivity contribution in [2.45, 2.75) is 51.6 Å². The lowest BCUT2D eigenvalue weighted by molar-refractivity contribution is 0.130. The number of nitrogens with zero attached hydrogens (tertiary/aromatic N) is 6. The van der Waals surface area contributed by atoms with Gasteiger partial charge in [-0.2, -0.15) is 0 Å². The first kappa shape index (κ1) is 23.3. The average molecular weight is 425 g/mol. The SMILES string of the molecule is CCCCCC1=CC=NC1Cc1ccc(CN2CCN(CCN=[N+]=[N-])CC2)cc1OC. The maximum absolute atomic E-state index is 8.41. The van der Waals surface area contributed by atoms with Crippen molar-refractivity contribution in [3.05, 3.63) is 51.4 Å². The van der Waals surface area contributed by atoms with E-state index in [4.69, 9.17) is 15.3 Å². The minimum Gasteiger partial charge on any atom is -0.496 e. The van der Waals surface area contributed by atoms with Gasteiger partial charge in [0.15, 0.2) is 0 Å². The number of azide groups is 1. The minimum atomic E-state index is 0.259. The molecule has 1 atom stereocenters.